The van der Waals surface area contributed by atoms with Crippen LogP contribution >= 0.6 is 0 Å². The van der Waals surface area contributed by atoms with Gasteiger partial charge in [-0.1, -0.05) is 60.7 Å². The van der Waals surface area contributed by atoms with Gasteiger partial charge < -0.3 is 5.32 Å². The largest absolute Gasteiger partial charge is 0.325 e. The number of rotatable bonds is 6. The third kappa shape index (κ3) is 3.82. The molecule has 0 spiro atoms. The number of carbonyl (C=O) groups is 3. The fraction of sp³-hybridized carbons (Fsp3) is 0.125. The number of nitrogens with zero attached hydrogens (tertiary/aromatic N) is 1. The predicted octanol–water partition coefficient (Wildman–Crippen LogP) is 3.84. The summed E-state index contributed by atoms with van der Waals surface area (Å²) in [6.45, 7) is -0.584. The van der Waals surface area contributed by atoms with Crippen LogP contribution in [0.4, 0.5) is 13.6 Å². The fourth-order valence-corrected chi connectivity index (χ4v) is 3.72. The van der Waals surface area contributed by atoms with Crippen molar-refractivity contribution in [1.82, 2.24) is 10.2 Å². The van der Waals surface area contributed by atoms with Crippen molar-refractivity contribution >= 4 is 17.7 Å². The van der Waals surface area contributed by atoms with E-state index in [1.165, 1.54) is 0 Å². The molecule has 1 aliphatic heterocycles. The number of benzene rings is 3. The molecule has 7 heteroatoms. The molecule has 3 amide bonds. The number of Topliss-reactive ketones (excluding diaryl/α,β-unsaturated/α-hetero) is 1. The van der Waals surface area contributed by atoms with Gasteiger partial charge in [-0.3, -0.25) is 14.5 Å². The second-order valence-electron chi connectivity index (χ2n) is 7.31. The monoisotopic (exact) mass is 420 g/mol. The second kappa shape index (κ2) is 8.10. The van der Waals surface area contributed by atoms with Gasteiger partial charge in [0, 0.05) is 12.0 Å². The number of hydrogen-bond donors (Lipinski definition) is 1. The van der Waals surface area contributed by atoms with Gasteiger partial charge in [0.1, 0.15) is 0 Å². The van der Waals surface area contributed by atoms with E-state index in [-0.39, 0.29) is 12.0 Å². The molecule has 1 saturated heterocycles. The zero-order valence-electron chi connectivity index (χ0n) is 16.3. The first-order valence-corrected chi connectivity index (χ1v) is 9.62. The van der Waals surface area contributed by atoms with Crippen molar-refractivity contribution in [3.8, 4) is 0 Å². The Hall–Kier alpha value is -3.87. The van der Waals surface area contributed by atoms with Crippen molar-refractivity contribution in [2.75, 3.05) is 6.54 Å². The molecule has 1 atom stereocenters. The second-order valence-corrected chi connectivity index (χ2v) is 7.31. The van der Waals surface area contributed by atoms with Crippen LogP contribution in [0.5, 0.6) is 0 Å². The topological polar surface area (TPSA) is 66.5 Å². The highest BCUT2D eigenvalue weighted by molar-refractivity contribution is 6.11. The molecule has 1 heterocycles. The number of urea groups is 1. The van der Waals surface area contributed by atoms with Crippen molar-refractivity contribution in [2.45, 2.75) is 12.0 Å². The van der Waals surface area contributed by atoms with Crippen LogP contribution in [0.25, 0.3) is 0 Å². The van der Waals surface area contributed by atoms with Crippen molar-refractivity contribution in [1.29, 1.82) is 0 Å². The van der Waals surface area contributed by atoms with Gasteiger partial charge in [-0.2, -0.15) is 0 Å². The lowest BCUT2D eigenvalue weighted by molar-refractivity contribution is -0.131. The standard InChI is InChI=1S/C24H18F2N2O3/c25-19-12-11-17(13-20(19)26)21(29)15-28-22(30)24(27-23(28)31,18-9-5-2-6-10-18)14-16-7-3-1-4-8-16/h1-13H,14-15H2,(H,27,31)/t24-/m0/s1. The Morgan fingerprint density at radius 1 is 0.871 bits per heavy atom. The number of nitrogens with one attached hydrogen (secondary N) is 1. The van der Waals surface area contributed by atoms with E-state index < -0.39 is 41.4 Å². The van der Waals surface area contributed by atoms with Crippen LogP contribution in [-0.2, 0) is 16.8 Å². The number of hydrogen-bond acceptors (Lipinski definition) is 3. The van der Waals surface area contributed by atoms with Crippen molar-refractivity contribution in [3.63, 3.8) is 0 Å². The zero-order valence-corrected chi connectivity index (χ0v) is 16.3. The summed E-state index contributed by atoms with van der Waals surface area (Å²) in [5, 5.41) is 2.76. The van der Waals surface area contributed by atoms with E-state index in [1.807, 2.05) is 30.3 Å². The van der Waals surface area contributed by atoms with Gasteiger partial charge in [0.25, 0.3) is 5.91 Å². The lowest BCUT2D eigenvalue weighted by Gasteiger charge is -2.27. The summed E-state index contributed by atoms with van der Waals surface area (Å²) in [5.74, 6) is -3.52. The van der Waals surface area contributed by atoms with Crippen molar-refractivity contribution in [3.05, 3.63) is 107 Å². The molecule has 1 fully saturated rings. The summed E-state index contributed by atoms with van der Waals surface area (Å²) in [6, 6.07) is 20.0. The molecule has 0 unspecified atom stereocenters. The van der Waals surface area contributed by atoms with Gasteiger partial charge >= 0.3 is 6.03 Å². The molecular formula is C24H18F2N2O3. The van der Waals surface area contributed by atoms with Crippen LogP contribution < -0.4 is 5.32 Å². The smallest absolute Gasteiger partial charge is 0.319 e. The molecule has 0 aliphatic carbocycles. The lowest BCUT2D eigenvalue weighted by Crippen LogP contribution is -2.46. The summed E-state index contributed by atoms with van der Waals surface area (Å²) in [5.41, 5.74) is -0.0952. The van der Waals surface area contributed by atoms with Crippen molar-refractivity contribution < 1.29 is 23.2 Å². The van der Waals surface area contributed by atoms with Crippen LogP contribution in [0.15, 0.2) is 78.9 Å². The molecular weight excluding hydrogens is 402 g/mol. The first-order valence-electron chi connectivity index (χ1n) is 9.62. The zero-order chi connectivity index (χ0) is 22.0. The molecule has 0 bridgehead atoms. The third-order valence-electron chi connectivity index (χ3n) is 5.30. The Morgan fingerprint density at radius 2 is 1.52 bits per heavy atom. The molecule has 1 aliphatic rings. The van der Waals surface area contributed by atoms with Gasteiger partial charge in [-0.15, -0.1) is 0 Å². The Bertz CT molecular complexity index is 1150. The number of ketones is 1. The first-order chi connectivity index (χ1) is 14.9. The molecule has 5 nitrogen and oxygen atoms in total. The maximum absolute atomic E-state index is 13.5. The first kappa shape index (κ1) is 20.4. The van der Waals surface area contributed by atoms with Crippen LogP contribution in [-0.4, -0.2) is 29.2 Å². The Labute approximate surface area is 177 Å². The quantitative estimate of drug-likeness (QED) is 0.487. The molecule has 3 aromatic rings. The predicted molar refractivity (Wildman–Crippen MR) is 109 cm³/mol. The van der Waals surface area contributed by atoms with Crippen LogP contribution in [0.2, 0.25) is 0 Å². The summed E-state index contributed by atoms with van der Waals surface area (Å²) in [4.78, 5) is 39.7. The molecule has 31 heavy (non-hydrogen) atoms. The SMILES string of the molecule is O=C(CN1C(=O)N[C@@](Cc2ccccc2)(c2ccccc2)C1=O)c1ccc(F)c(F)c1. The normalized spacial score (nSPS) is 18.2. The molecule has 0 saturated carbocycles. The van der Waals surface area contributed by atoms with Gasteiger partial charge in [0.15, 0.2) is 23.0 Å². The van der Waals surface area contributed by atoms with E-state index >= 15 is 0 Å². The van der Waals surface area contributed by atoms with Crippen LogP contribution in [0, 0.1) is 11.6 Å². The number of halogens is 2. The minimum Gasteiger partial charge on any atom is -0.319 e. The summed E-state index contributed by atoms with van der Waals surface area (Å²) in [6.07, 6.45) is 0.193. The van der Waals surface area contributed by atoms with Gasteiger partial charge in [-0.05, 0) is 29.3 Å². The maximum Gasteiger partial charge on any atom is 0.325 e. The van der Waals surface area contributed by atoms with Gasteiger partial charge in [0.05, 0.1) is 6.54 Å². The van der Waals surface area contributed by atoms with Crippen LogP contribution in [0.3, 0.4) is 0 Å². The van der Waals surface area contributed by atoms with Crippen molar-refractivity contribution in [2.24, 2.45) is 0 Å². The minimum atomic E-state index is -1.38. The highest BCUT2D eigenvalue weighted by atomic mass is 19.2. The molecule has 1 N–H and O–H groups in total. The molecule has 3 aromatic carbocycles. The number of amides is 3. The molecule has 0 radical (unpaired) electrons. The van der Waals surface area contributed by atoms with E-state index in [2.05, 4.69) is 5.32 Å². The number of imide groups is 1. The molecule has 0 aromatic heterocycles. The van der Waals surface area contributed by atoms with Gasteiger partial charge in [-0.25, -0.2) is 13.6 Å². The molecule has 156 valence electrons. The van der Waals surface area contributed by atoms with E-state index in [9.17, 15) is 23.2 Å². The Kier molecular flexibility index (Phi) is 5.33. The summed E-state index contributed by atoms with van der Waals surface area (Å²) in [7, 11) is 0. The summed E-state index contributed by atoms with van der Waals surface area (Å²) < 4.78 is 26.7. The highest BCUT2D eigenvalue weighted by Gasteiger charge is 2.52. The van der Waals surface area contributed by atoms with E-state index in [4.69, 9.17) is 0 Å². The minimum absolute atomic E-state index is 0.125. The average molecular weight is 420 g/mol. The number of carbonyl (C=O) groups excluding carboxylic acids is 3. The Morgan fingerprint density at radius 3 is 2.16 bits per heavy atom. The maximum atomic E-state index is 13.5. The molecule has 4 rings (SSSR count). The highest BCUT2D eigenvalue weighted by Crippen LogP contribution is 2.33. The fourth-order valence-electron chi connectivity index (χ4n) is 3.72. The average Bonchev–Trinajstić information content (AvgIpc) is 3.02. The van der Waals surface area contributed by atoms with Gasteiger partial charge in [0.2, 0.25) is 0 Å². The van der Waals surface area contributed by atoms with E-state index in [0.717, 1.165) is 28.7 Å². The Balaban J connectivity index is 1.67. The van der Waals surface area contributed by atoms with Crippen LogP contribution in [0.1, 0.15) is 21.5 Å². The van der Waals surface area contributed by atoms with E-state index in [1.54, 1.807) is 30.3 Å². The summed E-state index contributed by atoms with van der Waals surface area (Å²) >= 11 is 0. The van der Waals surface area contributed by atoms with E-state index in [0.29, 0.717) is 5.56 Å². The third-order valence-corrected chi connectivity index (χ3v) is 5.30. The lowest BCUT2D eigenvalue weighted by atomic mass is 9.83.